The van der Waals surface area contributed by atoms with Crippen LogP contribution in [-0.2, 0) is 9.53 Å². The number of nitrogens with one attached hydrogen (secondary N) is 1. The van der Waals surface area contributed by atoms with Crippen molar-refractivity contribution in [2.75, 3.05) is 7.11 Å². The summed E-state index contributed by atoms with van der Waals surface area (Å²) in [5.41, 5.74) is -1.15. The minimum atomic E-state index is -0.726. The molecule has 24 heavy (non-hydrogen) atoms. The molecule has 0 heterocycles. The molecule has 0 atom stereocenters. The van der Waals surface area contributed by atoms with E-state index >= 15 is 0 Å². The average molecular weight is 355 g/mol. The Kier molecular flexibility index (Phi) is 5.77. The van der Waals surface area contributed by atoms with Crippen molar-refractivity contribution in [3.05, 3.63) is 38.9 Å². The van der Waals surface area contributed by atoms with Gasteiger partial charge in [0.25, 0.3) is 11.6 Å². The summed E-state index contributed by atoms with van der Waals surface area (Å²) in [7, 11) is 1.30. The number of nitro benzene ring substituents is 1. The first-order valence-corrected chi connectivity index (χ1v) is 8.08. The third kappa shape index (κ3) is 4.23. The normalized spacial score (nSPS) is 16.2. The topological polar surface area (TPSA) is 98.5 Å². The number of hydrogen-bond acceptors (Lipinski definition) is 5. The highest BCUT2D eigenvalue weighted by Crippen LogP contribution is 2.32. The van der Waals surface area contributed by atoms with Crippen molar-refractivity contribution in [1.29, 1.82) is 0 Å². The lowest BCUT2D eigenvalue weighted by Gasteiger charge is -2.37. The molecule has 0 spiro atoms. The molecule has 1 aliphatic rings. The number of hydrogen-bond donors (Lipinski definition) is 1. The first kappa shape index (κ1) is 18.2. The van der Waals surface area contributed by atoms with Crippen molar-refractivity contribution in [3.63, 3.8) is 0 Å². The molecule has 130 valence electrons. The highest BCUT2D eigenvalue weighted by Gasteiger charge is 2.37. The van der Waals surface area contributed by atoms with Crippen LogP contribution in [0.3, 0.4) is 0 Å². The van der Waals surface area contributed by atoms with E-state index in [0.29, 0.717) is 12.8 Å². The molecule has 0 saturated heterocycles. The first-order valence-electron chi connectivity index (χ1n) is 7.70. The van der Waals surface area contributed by atoms with E-state index in [9.17, 15) is 19.7 Å². The molecule has 2 rings (SSSR count). The Bertz CT molecular complexity index is 656. The predicted molar refractivity (Wildman–Crippen MR) is 88.0 cm³/mol. The second kappa shape index (κ2) is 7.61. The largest absolute Gasteiger partial charge is 0.469 e. The number of benzene rings is 1. The van der Waals surface area contributed by atoms with E-state index in [0.717, 1.165) is 25.3 Å². The van der Waals surface area contributed by atoms with Crippen molar-refractivity contribution >= 4 is 29.2 Å². The van der Waals surface area contributed by atoms with Crippen LogP contribution in [0.1, 0.15) is 48.9 Å². The number of nitrogens with zero attached hydrogens (tertiary/aromatic N) is 1. The van der Waals surface area contributed by atoms with E-state index in [-0.39, 0.29) is 22.7 Å². The fourth-order valence-electron chi connectivity index (χ4n) is 3.08. The standard InChI is InChI=1S/C16H19ClN2O5/c1-24-14(20)10-16(7-3-2-4-8-16)18-15(21)12-6-5-11(17)9-13(12)19(22)23/h5-6,9H,2-4,7-8,10H2,1H3,(H,18,21). The van der Waals surface area contributed by atoms with Gasteiger partial charge >= 0.3 is 5.97 Å². The Labute approximate surface area is 144 Å². The summed E-state index contributed by atoms with van der Waals surface area (Å²) in [6.07, 6.45) is 4.10. The molecule has 1 fully saturated rings. The molecular weight excluding hydrogens is 336 g/mol. The van der Waals surface area contributed by atoms with Gasteiger partial charge in [0.2, 0.25) is 0 Å². The summed E-state index contributed by atoms with van der Waals surface area (Å²) in [4.78, 5) is 34.9. The zero-order valence-corrected chi connectivity index (χ0v) is 14.1. The summed E-state index contributed by atoms with van der Waals surface area (Å²) in [5.74, 6) is -0.994. The Morgan fingerprint density at radius 2 is 2.00 bits per heavy atom. The third-order valence-corrected chi connectivity index (χ3v) is 4.54. The van der Waals surface area contributed by atoms with Gasteiger partial charge in [-0.05, 0) is 25.0 Å². The Hall–Kier alpha value is -2.15. The second-order valence-electron chi connectivity index (χ2n) is 5.97. The van der Waals surface area contributed by atoms with Crippen LogP contribution in [0.25, 0.3) is 0 Å². The maximum atomic E-state index is 12.6. The lowest BCUT2D eigenvalue weighted by Crippen LogP contribution is -2.51. The van der Waals surface area contributed by atoms with E-state index < -0.39 is 22.3 Å². The number of carbonyl (C=O) groups excluding carboxylic acids is 2. The van der Waals surface area contributed by atoms with E-state index in [1.807, 2.05) is 0 Å². The van der Waals surface area contributed by atoms with Crippen LogP contribution < -0.4 is 5.32 Å². The molecule has 8 heteroatoms. The maximum Gasteiger partial charge on any atom is 0.307 e. The minimum absolute atomic E-state index is 0.0522. The van der Waals surface area contributed by atoms with Gasteiger partial charge in [0, 0.05) is 11.1 Å². The third-order valence-electron chi connectivity index (χ3n) is 4.30. The van der Waals surface area contributed by atoms with E-state index in [4.69, 9.17) is 16.3 Å². The van der Waals surface area contributed by atoms with Crippen LogP contribution in [0.2, 0.25) is 5.02 Å². The highest BCUT2D eigenvalue weighted by atomic mass is 35.5. The Morgan fingerprint density at radius 1 is 1.33 bits per heavy atom. The van der Waals surface area contributed by atoms with E-state index in [1.165, 1.54) is 19.2 Å². The zero-order valence-electron chi connectivity index (χ0n) is 13.3. The minimum Gasteiger partial charge on any atom is -0.469 e. The number of methoxy groups -OCH3 is 1. The first-order chi connectivity index (χ1) is 11.4. The van der Waals surface area contributed by atoms with Crippen molar-refractivity contribution in [1.82, 2.24) is 5.32 Å². The second-order valence-corrected chi connectivity index (χ2v) is 6.40. The summed E-state index contributed by atoms with van der Waals surface area (Å²) >= 11 is 5.78. The molecule has 1 amide bonds. The molecule has 0 bridgehead atoms. The summed E-state index contributed by atoms with van der Waals surface area (Å²) in [6, 6.07) is 3.89. The molecule has 0 aliphatic heterocycles. The number of halogens is 1. The van der Waals surface area contributed by atoms with Gasteiger partial charge in [-0.2, -0.15) is 0 Å². The van der Waals surface area contributed by atoms with Crippen molar-refractivity contribution in [3.8, 4) is 0 Å². The number of carbonyl (C=O) groups is 2. The molecule has 1 aliphatic carbocycles. The number of ether oxygens (including phenoxy) is 1. The molecule has 0 unspecified atom stereocenters. The molecule has 1 N–H and O–H groups in total. The highest BCUT2D eigenvalue weighted by molar-refractivity contribution is 6.31. The van der Waals surface area contributed by atoms with Crippen LogP contribution >= 0.6 is 11.6 Å². The molecular formula is C16H19ClN2O5. The molecule has 7 nitrogen and oxygen atoms in total. The zero-order chi connectivity index (χ0) is 17.7. The number of amides is 1. The smallest absolute Gasteiger partial charge is 0.307 e. The van der Waals surface area contributed by atoms with Crippen molar-refractivity contribution in [2.24, 2.45) is 0 Å². The quantitative estimate of drug-likeness (QED) is 0.497. The lowest BCUT2D eigenvalue weighted by molar-refractivity contribution is -0.385. The van der Waals surface area contributed by atoms with Gasteiger partial charge < -0.3 is 10.1 Å². The van der Waals surface area contributed by atoms with Crippen LogP contribution in [0.15, 0.2) is 18.2 Å². The Morgan fingerprint density at radius 3 is 2.58 bits per heavy atom. The van der Waals surface area contributed by atoms with E-state index in [2.05, 4.69) is 5.32 Å². The molecule has 1 aromatic carbocycles. The molecule has 0 aromatic heterocycles. The van der Waals surface area contributed by atoms with Gasteiger partial charge in [0.05, 0.1) is 24.0 Å². The fourth-order valence-corrected chi connectivity index (χ4v) is 3.25. The number of rotatable bonds is 5. The number of esters is 1. The van der Waals surface area contributed by atoms with Crippen LogP contribution in [0.5, 0.6) is 0 Å². The van der Waals surface area contributed by atoms with E-state index in [1.54, 1.807) is 0 Å². The SMILES string of the molecule is COC(=O)CC1(NC(=O)c2ccc(Cl)cc2[N+](=O)[O-])CCCCC1. The maximum absolute atomic E-state index is 12.6. The van der Waals surface area contributed by atoms with Gasteiger partial charge in [-0.3, -0.25) is 19.7 Å². The predicted octanol–water partition coefficient (Wildman–Crippen LogP) is 3.24. The Balaban J connectivity index is 2.28. The van der Waals surface area contributed by atoms with Crippen LogP contribution in [0, 0.1) is 10.1 Å². The van der Waals surface area contributed by atoms with Gasteiger partial charge in [-0.25, -0.2) is 0 Å². The number of nitro groups is 1. The molecule has 0 radical (unpaired) electrons. The monoisotopic (exact) mass is 354 g/mol. The average Bonchev–Trinajstić information content (AvgIpc) is 2.55. The van der Waals surface area contributed by atoms with Gasteiger partial charge in [0.15, 0.2) is 0 Å². The fraction of sp³-hybridized carbons (Fsp3) is 0.500. The molecule has 1 saturated carbocycles. The summed E-state index contributed by atoms with van der Waals surface area (Å²) < 4.78 is 4.73. The summed E-state index contributed by atoms with van der Waals surface area (Å²) in [5, 5.41) is 14.2. The van der Waals surface area contributed by atoms with Gasteiger partial charge in [0.1, 0.15) is 5.56 Å². The van der Waals surface area contributed by atoms with Crippen LogP contribution in [0.4, 0.5) is 5.69 Å². The van der Waals surface area contributed by atoms with Crippen molar-refractivity contribution < 1.29 is 19.2 Å². The van der Waals surface area contributed by atoms with Gasteiger partial charge in [-0.1, -0.05) is 30.9 Å². The van der Waals surface area contributed by atoms with Crippen molar-refractivity contribution in [2.45, 2.75) is 44.1 Å². The van der Waals surface area contributed by atoms with Gasteiger partial charge in [-0.15, -0.1) is 0 Å². The summed E-state index contributed by atoms with van der Waals surface area (Å²) in [6.45, 7) is 0. The van der Waals surface area contributed by atoms with Crippen LogP contribution in [-0.4, -0.2) is 29.4 Å². The molecule has 1 aromatic rings. The lowest BCUT2D eigenvalue weighted by atomic mass is 9.79.